The maximum absolute atomic E-state index is 12.0. The summed E-state index contributed by atoms with van der Waals surface area (Å²) >= 11 is 0. The zero-order chi connectivity index (χ0) is 13.3. The lowest BCUT2D eigenvalue weighted by Crippen LogP contribution is -2.40. The number of aromatic amines is 1. The van der Waals surface area contributed by atoms with Crippen LogP contribution in [0.4, 0.5) is 0 Å². The Balaban J connectivity index is 2.32. The minimum Gasteiger partial charge on any atom is -0.497 e. The van der Waals surface area contributed by atoms with Gasteiger partial charge in [0.2, 0.25) is 0 Å². The summed E-state index contributed by atoms with van der Waals surface area (Å²) in [7, 11) is 1.63. The molecule has 0 saturated heterocycles. The van der Waals surface area contributed by atoms with Crippen LogP contribution in [0.15, 0.2) is 24.3 Å². The summed E-state index contributed by atoms with van der Waals surface area (Å²) in [5.74, 6) is 0.682. The van der Waals surface area contributed by atoms with Crippen LogP contribution in [0.3, 0.4) is 0 Å². The van der Waals surface area contributed by atoms with Crippen molar-refractivity contribution in [3.63, 3.8) is 0 Å². The van der Waals surface area contributed by atoms with Crippen molar-refractivity contribution in [3.05, 3.63) is 30.0 Å². The van der Waals surface area contributed by atoms with Gasteiger partial charge in [0.05, 0.1) is 7.11 Å². The molecular formula is C14H18N2O2. The number of ether oxygens (including phenoxy) is 1. The molecule has 0 spiro atoms. The number of fused-ring (bicyclic) bond motifs is 1. The number of methoxy groups -OCH3 is 1. The van der Waals surface area contributed by atoms with E-state index in [1.165, 1.54) is 0 Å². The van der Waals surface area contributed by atoms with Crippen molar-refractivity contribution in [2.24, 2.45) is 0 Å². The highest BCUT2D eigenvalue weighted by Crippen LogP contribution is 2.21. The molecule has 0 aliphatic rings. The Morgan fingerprint density at radius 1 is 1.28 bits per heavy atom. The summed E-state index contributed by atoms with van der Waals surface area (Å²) < 4.78 is 5.16. The SMILES string of the molecule is COc1ccc2[nH]c(C(=O)NC(C)(C)C)cc2c1. The number of hydrogen-bond donors (Lipinski definition) is 2. The van der Waals surface area contributed by atoms with Crippen molar-refractivity contribution in [2.75, 3.05) is 7.11 Å². The Morgan fingerprint density at radius 2 is 2.00 bits per heavy atom. The Labute approximate surface area is 106 Å². The first kappa shape index (κ1) is 12.5. The van der Waals surface area contributed by atoms with E-state index in [1.54, 1.807) is 7.11 Å². The molecule has 0 saturated carbocycles. The summed E-state index contributed by atoms with van der Waals surface area (Å²) in [6.45, 7) is 5.86. The maximum atomic E-state index is 12.0. The van der Waals surface area contributed by atoms with Gasteiger partial charge in [0.25, 0.3) is 5.91 Å². The zero-order valence-corrected chi connectivity index (χ0v) is 11.1. The van der Waals surface area contributed by atoms with E-state index in [1.807, 2.05) is 45.0 Å². The van der Waals surface area contributed by atoms with Gasteiger partial charge in [0.1, 0.15) is 11.4 Å². The van der Waals surface area contributed by atoms with Crippen LogP contribution < -0.4 is 10.1 Å². The lowest BCUT2D eigenvalue weighted by molar-refractivity contribution is 0.0915. The Hall–Kier alpha value is -1.97. The molecule has 18 heavy (non-hydrogen) atoms. The van der Waals surface area contributed by atoms with E-state index < -0.39 is 0 Å². The number of nitrogens with one attached hydrogen (secondary N) is 2. The number of amides is 1. The highest BCUT2D eigenvalue weighted by atomic mass is 16.5. The Bertz CT molecular complexity index is 579. The van der Waals surface area contributed by atoms with Crippen molar-refractivity contribution in [1.29, 1.82) is 0 Å². The van der Waals surface area contributed by atoms with E-state index in [4.69, 9.17) is 4.74 Å². The van der Waals surface area contributed by atoms with Crippen LogP contribution >= 0.6 is 0 Å². The monoisotopic (exact) mass is 246 g/mol. The molecule has 2 rings (SSSR count). The normalized spacial score (nSPS) is 11.6. The van der Waals surface area contributed by atoms with Crippen LogP contribution in [-0.4, -0.2) is 23.5 Å². The van der Waals surface area contributed by atoms with Gasteiger partial charge >= 0.3 is 0 Å². The summed E-state index contributed by atoms with van der Waals surface area (Å²) in [6.07, 6.45) is 0. The van der Waals surface area contributed by atoms with E-state index in [0.717, 1.165) is 16.7 Å². The number of H-pyrrole nitrogens is 1. The van der Waals surface area contributed by atoms with Crippen molar-refractivity contribution in [3.8, 4) is 5.75 Å². The largest absolute Gasteiger partial charge is 0.497 e. The second-order valence-corrected chi connectivity index (χ2v) is 5.34. The second kappa shape index (κ2) is 4.37. The first-order valence-corrected chi connectivity index (χ1v) is 5.88. The zero-order valence-electron chi connectivity index (χ0n) is 11.1. The van der Waals surface area contributed by atoms with Crippen molar-refractivity contribution < 1.29 is 9.53 Å². The van der Waals surface area contributed by atoms with Gasteiger partial charge in [-0.2, -0.15) is 0 Å². The van der Waals surface area contributed by atoms with Gasteiger partial charge in [-0.15, -0.1) is 0 Å². The first-order chi connectivity index (χ1) is 8.39. The van der Waals surface area contributed by atoms with Crippen LogP contribution in [-0.2, 0) is 0 Å². The number of carbonyl (C=O) groups is 1. The molecule has 0 fully saturated rings. The maximum Gasteiger partial charge on any atom is 0.268 e. The third-order valence-corrected chi connectivity index (χ3v) is 2.56. The molecule has 96 valence electrons. The van der Waals surface area contributed by atoms with Gasteiger partial charge in [-0.3, -0.25) is 4.79 Å². The predicted octanol–water partition coefficient (Wildman–Crippen LogP) is 2.70. The van der Waals surface area contributed by atoms with E-state index in [-0.39, 0.29) is 11.4 Å². The minimum absolute atomic E-state index is 0.0994. The molecule has 1 amide bonds. The molecule has 0 unspecified atom stereocenters. The van der Waals surface area contributed by atoms with Gasteiger partial charge in [-0.25, -0.2) is 0 Å². The van der Waals surface area contributed by atoms with Crippen molar-refractivity contribution in [2.45, 2.75) is 26.3 Å². The molecule has 0 aliphatic heterocycles. The summed E-state index contributed by atoms with van der Waals surface area (Å²) in [5.41, 5.74) is 1.24. The van der Waals surface area contributed by atoms with Crippen LogP contribution in [0.1, 0.15) is 31.3 Å². The fourth-order valence-corrected chi connectivity index (χ4v) is 1.77. The fraction of sp³-hybridized carbons (Fsp3) is 0.357. The standard InChI is InChI=1S/C14H18N2O2/c1-14(2,3)16-13(17)12-8-9-7-10(18-4)5-6-11(9)15-12/h5-8,15H,1-4H3,(H,16,17). The van der Waals surface area contributed by atoms with Crippen molar-refractivity contribution >= 4 is 16.8 Å². The minimum atomic E-state index is -0.244. The van der Waals surface area contributed by atoms with E-state index in [0.29, 0.717) is 5.69 Å². The van der Waals surface area contributed by atoms with Gasteiger partial charge < -0.3 is 15.0 Å². The average Bonchev–Trinajstić information content (AvgIpc) is 2.69. The van der Waals surface area contributed by atoms with Gasteiger partial charge in [-0.05, 0) is 45.0 Å². The molecular weight excluding hydrogens is 228 g/mol. The van der Waals surface area contributed by atoms with E-state index in [2.05, 4.69) is 10.3 Å². The Kier molecular flexibility index (Phi) is 3.03. The molecule has 0 radical (unpaired) electrons. The highest BCUT2D eigenvalue weighted by Gasteiger charge is 2.16. The molecule has 1 aromatic carbocycles. The lowest BCUT2D eigenvalue weighted by Gasteiger charge is -2.19. The summed E-state index contributed by atoms with van der Waals surface area (Å²) in [6, 6.07) is 7.50. The summed E-state index contributed by atoms with van der Waals surface area (Å²) in [4.78, 5) is 15.1. The molecule has 2 aromatic rings. The van der Waals surface area contributed by atoms with Gasteiger partial charge in [0.15, 0.2) is 0 Å². The number of carbonyl (C=O) groups excluding carboxylic acids is 1. The topological polar surface area (TPSA) is 54.1 Å². The van der Waals surface area contributed by atoms with E-state index >= 15 is 0 Å². The van der Waals surface area contributed by atoms with E-state index in [9.17, 15) is 4.79 Å². The average molecular weight is 246 g/mol. The fourth-order valence-electron chi connectivity index (χ4n) is 1.77. The summed E-state index contributed by atoms with van der Waals surface area (Å²) in [5, 5.41) is 3.89. The van der Waals surface area contributed by atoms with Crippen LogP contribution in [0.2, 0.25) is 0 Å². The van der Waals surface area contributed by atoms with Crippen molar-refractivity contribution in [1.82, 2.24) is 10.3 Å². The third kappa shape index (κ3) is 2.64. The third-order valence-electron chi connectivity index (χ3n) is 2.56. The predicted molar refractivity (Wildman–Crippen MR) is 72.1 cm³/mol. The van der Waals surface area contributed by atoms with Crippen LogP contribution in [0.5, 0.6) is 5.75 Å². The number of aromatic nitrogens is 1. The first-order valence-electron chi connectivity index (χ1n) is 5.88. The van der Waals surface area contributed by atoms with Gasteiger partial charge in [0, 0.05) is 16.4 Å². The molecule has 1 aromatic heterocycles. The lowest BCUT2D eigenvalue weighted by atomic mass is 10.1. The quantitative estimate of drug-likeness (QED) is 0.856. The molecule has 0 aliphatic carbocycles. The molecule has 4 nitrogen and oxygen atoms in total. The smallest absolute Gasteiger partial charge is 0.268 e. The highest BCUT2D eigenvalue weighted by molar-refractivity contribution is 5.98. The Morgan fingerprint density at radius 3 is 2.61 bits per heavy atom. The molecule has 2 N–H and O–H groups in total. The van der Waals surface area contributed by atoms with Gasteiger partial charge in [-0.1, -0.05) is 0 Å². The molecule has 0 atom stereocenters. The van der Waals surface area contributed by atoms with Crippen LogP contribution in [0, 0.1) is 0 Å². The van der Waals surface area contributed by atoms with Crippen LogP contribution in [0.25, 0.3) is 10.9 Å². The number of rotatable bonds is 2. The molecule has 1 heterocycles. The molecule has 0 bridgehead atoms. The second-order valence-electron chi connectivity index (χ2n) is 5.34. The number of benzene rings is 1. The molecule has 4 heteroatoms. The number of hydrogen-bond acceptors (Lipinski definition) is 2.